The Morgan fingerprint density at radius 1 is 1.21 bits per heavy atom. The molecular formula is C9H10BrN3S. The lowest BCUT2D eigenvalue weighted by Crippen LogP contribution is -1.91. The van der Waals surface area contributed by atoms with Crippen molar-refractivity contribution in [2.45, 2.75) is 0 Å². The minimum absolute atomic E-state index is 0. The van der Waals surface area contributed by atoms with E-state index in [9.17, 15) is 0 Å². The Bertz CT molecular complexity index is 414. The summed E-state index contributed by atoms with van der Waals surface area (Å²) in [6, 6.07) is 5.51. The van der Waals surface area contributed by atoms with Gasteiger partial charge in [-0.1, -0.05) is 0 Å². The van der Waals surface area contributed by atoms with Gasteiger partial charge in [0, 0.05) is 23.1 Å². The summed E-state index contributed by atoms with van der Waals surface area (Å²) >= 11 is 1.56. The van der Waals surface area contributed by atoms with Gasteiger partial charge in [-0.2, -0.15) is 0 Å². The number of rotatable bonds is 1. The van der Waals surface area contributed by atoms with Crippen molar-refractivity contribution in [1.29, 1.82) is 0 Å². The molecule has 0 amide bonds. The second kappa shape index (κ2) is 4.43. The summed E-state index contributed by atoms with van der Waals surface area (Å²) in [4.78, 5) is 5.06. The molecule has 0 aliphatic rings. The Morgan fingerprint density at radius 3 is 2.57 bits per heavy atom. The van der Waals surface area contributed by atoms with E-state index in [0.717, 1.165) is 10.4 Å². The van der Waals surface area contributed by atoms with Crippen LogP contribution in [0.4, 0.5) is 11.4 Å². The fourth-order valence-corrected chi connectivity index (χ4v) is 1.82. The number of hydrogen-bond acceptors (Lipinski definition) is 4. The Kier molecular flexibility index (Phi) is 3.49. The summed E-state index contributed by atoms with van der Waals surface area (Å²) in [5.41, 5.74) is 15.6. The fraction of sp³-hybridized carbons (Fsp3) is 0. The number of nitrogens with zero attached hydrogens (tertiary/aromatic N) is 1. The molecule has 0 atom stereocenters. The number of thiazole rings is 1. The second-order valence-electron chi connectivity index (χ2n) is 2.71. The van der Waals surface area contributed by atoms with Gasteiger partial charge >= 0.3 is 0 Å². The molecule has 4 N–H and O–H groups in total. The number of benzene rings is 1. The van der Waals surface area contributed by atoms with Crippen molar-refractivity contribution in [3.63, 3.8) is 0 Å². The highest BCUT2D eigenvalue weighted by Gasteiger charge is 2.03. The van der Waals surface area contributed by atoms with Crippen LogP contribution in [0.1, 0.15) is 0 Å². The van der Waals surface area contributed by atoms with E-state index in [4.69, 9.17) is 11.5 Å². The van der Waals surface area contributed by atoms with E-state index in [-0.39, 0.29) is 17.0 Å². The zero-order chi connectivity index (χ0) is 9.26. The highest BCUT2D eigenvalue weighted by Crippen LogP contribution is 2.29. The molecule has 0 saturated heterocycles. The summed E-state index contributed by atoms with van der Waals surface area (Å²) < 4.78 is 0. The first-order valence-corrected chi connectivity index (χ1v) is 4.69. The first kappa shape index (κ1) is 11.0. The summed E-state index contributed by atoms with van der Waals surface area (Å²) in [5.74, 6) is 0. The van der Waals surface area contributed by atoms with Crippen molar-refractivity contribution in [2.24, 2.45) is 0 Å². The third-order valence-electron chi connectivity index (χ3n) is 1.77. The van der Waals surface area contributed by atoms with Gasteiger partial charge in [0.25, 0.3) is 0 Å². The zero-order valence-electron chi connectivity index (χ0n) is 7.31. The Labute approximate surface area is 96.5 Å². The van der Waals surface area contributed by atoms with E-state index >= 15 is 0 Å². The maximum absolute atomic E-state index is 5.81. The second-order valence-corrected chi connectivity index (χ2v) is 3.60. The lowest BCUT2D eigenvalue weighted by Gasteiger charge is -2.02. The average Bonchev–Trinajstić information content (AvgIpc) is 2.56. The molecule has 1 heterocycles. The molecule has 0 bridgehead atoms. The number of anilines is 2. The van der Waals surface area contributed by atoms with Crippen molar-refractivity contribution in [1.82, 2.24) is 4.98 Å². The maximum atomic E-state index is 5.81. The summed E-state index contributed by atoms with van der Waals surface area (Å²) in [5, 5.41) is 0. The molecule has 0 fully saturated rings. The van der Waals surface area contributed by atoms with Crippen LogP contribution >= 0.6 is 28.3 Å². The van der Waals surface area contributed by atoms with Gasteiger partial charge in [0.15, 0.2) is 0 Å². The summed E-state index contributed by atoms with van der Waals surface area (Å²) in [6.07, 6.45) is 1.80. The first-order chi connectivity index (χ1) is 6.27. The van der Waals surface area contributed by atoms with Gasteiger partial charge in [-0.15, -0.1) is 28.3 Å². The topological polar surface area (TPSA) is 64.9 Å². The minimum atomic E-state index is 0. The lowest BCUT2D eigenvalue weighted by atomic mass is 10.1. The monoisotopic (exact) mass is 271 g/mol. The smallest absolute Gasteiger partial charge is 0.0797 e. The standard InChI is InChI=1S/C9H9N3S.BrH/c10-6-1-2-7(8(11)3-6)9-4-12-5-13-9;/h1-5H,10-11H2;1H. The molecule has 0 aliphatic heterocycles. The number of aromatic nitrogens is 1. The quantitative estimate of drug-likeness (QED) is 0.784. The summed E-state index contributed by atoms with van der Waals surface area (Å²) in [7, 11) is 0. The van der Waals surface area contributed by atoms with Crippen LogP contribution in [0.3, 0.4) is 0 Å². The van der Waals surface area contributed by atoms with E-state index in [2.05, 4.69) is 4.98 Å². The van der Waals surface area contributed by atoms with Crippen molar-refractivity contribution in [3.8, 4) is 10.4 Å². The molecule has 2 aromatic rings. The van der Waals surface area contributed by atoms with Crippen LogP contribution in [-0.2, 0) is 0 Å². The molecule has 2 rings (SSSR count). The molecule has 0 radical (unpaired) electrons. The predicted octanol–water partition coefficient (Wildman–Crippen LogP) is 2.55. The van der Waals surface area contributed by atoms with E-state index in [1.54, 1.807) is 29.1 Å². The van der Waals surface area contributed by atoms with Gasteiger partial charge in [-0.05, 0) is 18.2 Å². The van der Waals surface area contributed by atoms with Crippen molar-refractivity contribution in [2.75, 3.05) is 11.5 Å². The number of halogens is 1. The van der Waals surface area contributed by atoms with Gasteiger partial charge in [-0.3, -0.25) is 4.98 Å². The maximum Gasteiger partial charge on any atom is 0.0797 e. The SMILES string of the molecule is Br.Nc1ccc(-c2cncs2)c(N)c1. The van der Waals surface area contributed by atoms with Gasteiger partial charge in [0.05, 0.1) is 10.4 Å². The Balaban J connectivity index is 0.000000980. The van der Waals surface area contributed by atoms with Gasteiger partial charge in [0.2, 0.25) is 0 Å². The molecular weight excluding hydrogens is 262 g/mol. The predicted molar refractivity (Wildman–Crippen MR) is 66.7 cm³/mol. The molecule has 14 heavy (non-hydrogen) atoms. The van der Waals surface area contributed by atoms with E-state index < -0.39 is 0 Å². The molecule has 74 valence electrons. The lowest BCUT2D eigenvalue weighted by molar-refractivity contribution is 1.42. The molecule has 5 heteroatoms. The molecule has 1 aromatic carbocycles. The van der Waals surface area contributed by atoms with Gasteiger partial charge in [0.1, 0.15) is 0 Å². The highest BCUT2D eigenvalue weighted by molar-refractivity contribution is 8.93. The van der Waals surface area contributed by atoms with Crippen molar-refractivity contribution >= 4 is 39.7 Å². The van der Waals surface area contributed by atoms with Gasteiger partial charge in [-0.25, -0.2) is 0 Å². The van der Waals surface area contributed by atoms with E-state index in [1.807, 2.05) is 12.1 Å². The van der Waals surface area contributed by atoms with Crippen LogP contribution in [-0.4, -0.2) is 4.98 Å². The zero-order valence-corrected chi connectivity index (χ0v) is 9.83. The van der Waals surface area contributed by atoms with Crippen molar-refractivity contribution in [3.05, 3.63) is 29.9 Å². The third kappa shape index (κ3) is 2.05. The van der Waals surface area contributed by atoms with E-state index in [1.165, 1.54) is 0 Å². The number of nitrogen functional groups attached to an aromatic ring is 2. The van der Waals surface area contributed by atoms with Crippen LogP contribution in [0.25, 0.3) is 10.4 Å². The molecule has 0 unspecified atom stereocenters. The number of hydrogen-bond donors (Lipinski definition) is 2. The van der Waals surface area contributed by atoms with E-state index in [0.29, 0.717) is 11.4 Å². The largest absolute Gasteiger partial charge is 0.399 e. The van der Waals surface area contributed by atoms with Gasteiger partial charge < -0.3 is 11.5 Å². The highest BCUT2D eigenvalue weighted by atomic mass is 79.9. The number of nitrogens with two attached hydrogens (primary N) is 2. The molecule has 0 spiro atoms. The first-order valence-electron chi connectivity index (χ1n) is 3.81. The van der Waals surface area contributed by atoms with Crippen LogP contribution in [0, 0.1) is 0 Å². The molecule has 1 aromatic heterocycles. The van der Waals surface area contributed by atoms with Crippen LogP contribution in [0.2, 0.25) is 0 Å². The molecule has 0 saturated carbocycles. The molecule has 0 aliphatic carbocycles. The van der Waals surface area contributed by atoms with Crippen LogP contribution < -0.4 is 11.5 Å². The average molecular weight is 272 g/mol. The minimum Gasteiger partial charge on any atom is -0.399 e. The molecule has 3 nitrogen and oxygen atoms in total. The Hall–Kier alpha value is -1.07. The van der Waals surface area contributed by atoms with Crippen LogP contribution in [0.15, 0.2) is 29.9 Å². The fourth-order valence-electron chi connectivity index (χ4n) is 1.15. The Morgan fingerprint density at radius 2 is 2.00 bits per heavy atom. The summed E-state index contributed by atoms with van der Waals surface area (Å²) in [6.45, 7) is 0. The van der Waals surface area contributed by atoms with Crippen LogP contribution in [0.5, 0.6) is 0 Å². The van der Waals surface area contributed by atoms with Crippen molar-refractivity contribution < 1.29 is 0 Å². The third-order valence-corrected chi connectivity index (χ3v) is 2.58. The normalized spacial score (nSPS) is 9.43.